The van der Waals surface area contributed by atoms with E-state index in [2.05, 4.69) is 19.9 Å². The quantitative estimate of drug-likeness (QED) is 0.647. The summed E-state index contributed by atoms with van der Waals surface area (Å²) in [4.78, 5) is 0. The van der Waals surface area contributed by atoms with E-state index in [0.29, 0.717) is 23.7 Å². The van der Waals surface area contributed by atoms with Crippen LogP contribution in [-0.4, -0.2) is 33.6 Å². The summed E-state index contributed by atoms with van der Waals surface area (Å²) in [5, 5.41) is 31.2. The van der Waals surface area contributed by atoms with Crippen molar-refractivity contribution in [3.63, 3.8) is 0 Å². The van der Waals surface area contributed by atoms with E-state index < -0.39 is 5.60 Å². The maximum absolute atomic E-state index is 11.2. The van der Waals surface area contributed by atoms with Crippen LogP contribution in [0.1, 0.15) is 58.8 Å². The van der Waals surface area contributed by atoms with Gasteiger partial charge in [0.25, 0.3) is 0 Å². The number of allylic oxidation sites excluding steroid dienone is 1. The van der Waals surface area contributed by atoms with Gasteiger partial charge in [-0.1, -0.05) is 25.5 Å². The molecule has 4 fully saturated rings. The molecule has 134 valence electrons. The molecule has 1 spiro atoms. The summed E-state index contributed by atoms with van der Waals surface area (Å²) < 4.78 is 0. The van der Waals surface area contributed by atoms with Gasteiger partial charge in [0, 0.05) is 5.41 Å². The molecule has 0 aromatic carbocycles. The molecule has 5 aliphatic carbocycles. The van der Waals surface area contributed by atoms with Crippen molar-refractivity contribution in [3.05, 3.63) is 11.6 Å². The van der Waals surface area contributed by atoms with Crippen molar-refractivity contribution in [3.8, 4) is 0 Å². The van der Waals surface area contributed by atoms with Crippen LogP contribution in [0.4, 0.5) is 0 Å². The minimum Gasteiger partial charge on any atom is -0.393 e. The van der Waals surface area contributed by atoms with Gasteiger partial charge in [-0.2, -0.15) is 0 Å². The van der Waals surface area contributed by atoms with Gasteiger partial charge in [0.05, 0.1) is 18.3 Å². The molecule has 0 amide bonds. The fourth-order valence-electron chi connectivity index (χ4n) is 8.42. The second-order valence-electron chi connectivity index (χ2n) is 10.1. The lowest BCUT2D eigenvalue weighted by atomic mass is 9.46. The molecule has 0 unspecified atom stereocenters. The van der Waals surface area contributed by atoms with Crippen molar-refractivity contribution in [1.82, 2.24) is 0 Å². The molecule has 0 saturated heterocycles. The average Bonchev–Trinajstić information content (AvgIpc) is 3.19. The lowest BCUT2D eigenvalue weighted by Crippen LogP contribution is -2.58. The minimum atomic E-state index is -0.862. The van der Waals surface area contributed by atoms with Gasteiger partial charge < -0.3 is 15.3 Å². The first-order chi connectivity index (χ1) is 11.4. The maximum atomic E-state index is 11.2. The van der Waals surface area contributed by atoms with Gasteiger partial charge >= 0.3 is 0 Å². The number of aliphatic hydroxyl groups excluding tert-OH is 2. The predicted molar refractivity (Wildman–Crippen MR) is 92.1 cm³/mol. The Morgan fingerprint density at radius 3 is 2.75 bits per heavy atom. The average molecular weight is 332 g/mol. The fourth-order valence-corrected chi connectivity index (χ4v) is 8.42. The summed E-state index contributed by atoms with van der Waals surface area (Å²) in [6.45, 7) is 4.62. The van der Waals surface area contributed by atoms with E-state index in [0.717, 1.165) is 38.0 Å². The van der Waals surface area contributed by atoms with Gasteiger partial charge in [-0.15, -0.1) is 0 Å². The van der Waals surface area contributed by atoms with Gasteiger partial charge in [-0.05, 0) is 80.0 Å². The van der Waals surface area contributed by atoms with Gasteiger partial charge in [0.1, 0.15) is 0 Å². The van der Waals surface area contributed by atoms with Crippen LogP contribution in [0.3, 0.4) is 0 Å². The molecule has 5 aliphatic rings. The van der Waals surface area contributed by atoms with Crippen molar-refractivity contribution in [2.24, 2.45) is 40.4 Å². The van der Waals surface area contributed by atoms with Crippen LogP contribution in [-0.2, 0) is 0 Å². The number of hydrogen-bond donors (Lipinski definition) is 3. The number of rotatable bonds is 1. The van der Waals surface area contributed by atoms with E-state index in [4.69, 9.17) is 0 Å². The highest BCUT2D eigenvalue weighted by molar-refractivity contribution is 5.32. The van der Waals surface area contributed by atoms with Crippen molar-refractivity contribution in [2.45, 2.75) is 70.5 Å². The number of aliphatic hydroxyl groups is 3. The van der Waals surface area contributed by atoms with Crippen LogP contribution in [0.15, 0.2) is 11.6 Å². The highest BCUT2D eigenvalue weighted by Crippen LogP contribution is 2.84. The van der Waals surface area contributed by atoms with E-state index in [-0.39, 0.29) is 23.5 Å². The third-order valence-electron chi connectivity index (χ3n) is 9.43. The topological polar surface area (TPSA) is 60.7 Å². The molecule has 3 nitrogen and oxygen atoms in total. The minimum absolute atomic E-state index is 0.0751. The van der Waals surface area contributed by atoms with Crippen LogP contribution in [0.25, 0.3) is 0 Å². The lowest BCUT2D eigenvalue weighted by Gasteiger charge is -2.60. The van der Waals surface area contributed by atoms with E-state index in [9.17, 15) is 15.3 Å². The summed E-state index contributed by atoms with van der Waals surface area (Å²) in [6, 6.07) is 0. The molecular formula is C21H32O3. The summed E-state index contributed by atoms with van der Waals surface area (Å²) in [5.74, 6) is 3.34. The number of hydrogen-bond acceptors (Lipinski definition) is 3. The van der Waals surface area contributed by atoms with Crippen molar-refractivity contribution in [1.29, 1.82) is 0 Å². The molecule has 0 radical (unpaired) electrons. The second-order valence-corrected chi connectivity index (χ2v) is 10.1. The first-order valence-electron chi connectivity index (χ1n) is 10.1. The van der Waals surface area contributed by atoms with Crippen LogP contribution in [0, 0.1) is 40.4 Å². The Kier molecular flexibility index (Phi) is 3.08. The van der Waals surface area contributed by atoms with Crippen molar-refractivity contribution >= 4 is 0 Å². The van der Waals surface area contributed by atoms with Gasteiger partial charge in [0.2, 0.25) is 0 Å². The molecule has 0 heterocycles. The van der Waals surface area contributed by atoms with E-state index in [1.807, 2.05) is 0 Å². The highest BCUT2D eigenvalue weighted by atomic mass is 16.3. The monoisotopic (exact) mass is 332 g/mol. The molecule has 0 aromatic heterocycles. The fraction of sp³-hybridized carbons (Fsp3) is 0.905. The SMILES string of the molecule is C[C@@H]1CC2=C[C@@H](O)CC[C@@H]2[C@H]2CC[C@]3(C)[C@@](O)(CO)C[C@@H]4C[C@]43[C@@H]21. The molecule has 3 N–H and O–H groups in total. The third-order valence-corrected chi connectivity index (χ3v) is 9.43. The Labute approximate surface area is 145 Å². The summed E-state index contributed by atoms with van der Waals surface area (Å²) in [5.41, 5.74) is 0.827. The zero-order valence-electron chi connectivity index (χ0n) is 15.0. The lowest BCUT2D eigenvalue weighted by molar-refractivity contribution is -0.169. The Hall–Kier alpha value is -0.380. The Balaban J connectivity index is 1.56. The molecular weight excluding hydrogens is 300 g/mol. The van der Waals surface area contributed by atoms with Gasteiger partial charge in [-0.3, -0.25) is 0 Å². The van der Waals surface area contributed by atoms with Crippen molar-refractivity contribution in [2.75, 3.05) is 6.61 Å². The van der Waals surface area contributed by atoms with Crippen molar-refractivity contribution < 1.29 is 15.3 Å². The Morgan fingerprint density at radius 1 is 1.21 bits per heavy atom. The summed E-state index contributed by atoms with van der Waals surface area (Å²) in [7, 11) is 0. The standard InChI is InChI=1S/C21H32O3/c1-12-7-13-8-15(23)3-4-16(13)17-5-6-19(2)20(24,11-22)9-14-10-21(14,19)18(12)17/h8,12,14-18,22-24H,3-7,9-11H2,1-2H3/t12-,14-,15+,16+,17-,18-,19-,20+,21-/m1/s1. The Morgan fingerprint density at radius 2 is 2.00 bits per heavy atom. The van der Waals surface area contributed by atoms with Crippen LogP contribution in [0.5, 0.6) is 0 Å². The third kappa shape index (κ3) is 1.61. The zero-order chi connectivity index (χ0) is 16.9. The van der Waals surface area contributed by atoms with Gasteiger partial charge in [0.15, 0.2) is 0 Å². The van der Waals surface area contributed by atoms with E-state index >= 15 is 0 Å². The molecule has 9 atom stereocenters. The van der Waals surface area contributed by atoms with E-state index in [1.54, 1.807) is 0 Å². The molecule has 0 bridgehead atoms. The zero-order valence-corrected chi connectivity index (χ0v) is 15.0. The number of fused-ring (bicyclic) bond motifs is 3. The van der Waals surface area contributed by atoms with E-state index in [1.165, 1.54) is 18.4 Å². The molecule has 3 heteroatoms. The smallest absolute Gasteiger partial charge is 0.0938 e. The Bertz CT molecular complexity index is 600. The van der Waals surface area contributed by atoms with Crippen LogP contribution in [0.2, 0.25) is 0 Å². The maximum Gasteiger partial charge on any atom is 0.0938 e. The van der Waals surface area contributed by atoms with Crippen LogP contribution < -0.4 is 0 Å². The molecule has 24 heavy (non-hydrogen) atoms. The molecule has 0 aromatic rings. The summed E-state index contributed by atoms with van der Waals surface area (Å²) in [6.07, 6.45) is 9.43. The predicted octanol–water partition coefficient (Wildman–Crippen LogP) is 2.89. The van der Waals surface area contributed by atoms with Gasteiger partial charge in [-0.25, -0.2) is 0 Å². The first-order valence-corrected chi connectivity index (χ1v) is 10.1. The summed E-state index contributed by atoms with van der Waals surface area (Å²) >= 11 is 0. The second kappa shape index (κ2) is 4.66. The molecule has 4 saturated carbocycles. The molecule has 0 aliphatic heterocycles. The highest BCUT2D eigenvalue weighted by Gasteiger charge is 2.81. The van der Waals surface area contributed by atoms with Crippen LogP contribution >= 0.6 is 0 Å². The normalized spacial score (nSPS) is 61.3. The molecule has 5 rings (SSSR count). The largest absolute Gasteiger partial charge is 0.393 e. The first kappa shape index (κ1) is 15.8.